The lowest BCUT2D eigenvalue weighted by Gasteiger charge is -2.12. The molecule has 0 unspecified atom stereocenters. The van der Waals surface area contributed by atoms with Gasteiger partial charge < -0.3 is 0 Å². The Bertz CT molecular complexity index is 1130. The second kappa shape index (κ2) is 5.59. The molecule has 2 amide bonds. The van der Waals surface area contributed by atoms with Gasteiger partial charge in [-0.2, -0.15) is 16.8 Å². The molecule has 3 rings (SSSR count). The molecule has 0 radical (unpaired) electrons. The highest BCUT2D eigenvalue weighted by Gasteiger charge is 2.39. The van der Waals surface area contributed by atoms with Gasteiger partial charge in [0, 0.05) is 11.9 Å². The Hall–Kier alpha value is -2.34. The monoisotopic (exact) mass is 385 g/mol. The predicted octanol–water partition coefficient (Wildman–Crippen LogP) is 0.570. The number of hydrogen-bond acceptors (Lipinski definition) is 6. The molecule has 11 heteroatoms. The predicted molar refractivity (Wildman–Crippen MR) is 85.5 cm³/mol. The van der Waals surface area contributed by atoms with Crippen molar-refractivity contribution in [2.45, 2.75) is 4.90 Å². The number of rotatable bonds is 4. The first kappa shape index (κ1) is 17.5. The van der Waals surface area contributed by atoms with Gasteiger partial charge in [-0.1, -0.05) is 24.3 Å². The highest BCUT2D eigenvalue weighted by atomic mass is 32.2. The maximum Gasteiger partial charge on any atom is 0.295 e. The zero-order valence-electron chi connectivity index (χ0n) is 12.4. The van der Waals surface area contributed by atoms with Crippen LogP contribution in [0.15, 0.2) is 35.2 Å². The Kier molecular flexibility index (Phi) is 3.91. The Morgan fingerprint density at radius 2 is 1.52 bits per heavy atom. The van der Waals surface area contributed by atoms with E-state index < -0.39 is 49.2 Å². The number of amides is 2. The smallest absolute Gasteiger partial charge is 0.285 e. The van der Waals surface area contributed by atoms with Gasteiger partial charge in [0.15, 0.2) is 0 Å². The van der Waals surface area contributed by atoms with E-state index in [1.165, 1.54) is 24.3 Å². The van der Waals surface area contributed by atoms with Crippen LogP contribution in [0.3, 0.4) is 0 Å². The van der Waals surface area contributed by atoms with Gasteiger partial charge in [-0.05, 0) is 11.5 Å². The molecule has 2 aromatic rings. The van der Waals surface area contributed by atoms with E-state index in [-0.39, 0.29) is 21.9 Å². The second-order valence-electron chi connectivity index (χ2n) is 5.37. The fourth-order valence-corrected chi connectivity index (χ4v) is 3.87. The third-order valence-electron chi connectivity index (χ3n) is 3.79. The van der Waals surface area contributed by atoms with Gasteiger partial charge in [0.05, 0.1) is 16.9 Å². The first-order valence-electron chi connectivity index (χ1n) is 6.85. The maximum atomic E-state index is 12.5. The fourth-order valence-electron chi connectivity index (χ4n) is 2.74. The Balaban J connectivity index is 2.23. The molecule has 0 aromatic heterocycles. The third kappa shape index (κ3) is 3.02. The standard InChI is InChI=1S/C14H11NO8S2/c16-13-10-7-11(25(21,22)23)8-3-1-2-4-9(8)12(10)14(17)15(13)5-6-24(18,19)20/h1-4,7H,5-6H2,(H,18,19,20)(H,21,22,23). The summed E-state index contributed by atoms with van der Waals surface area (Å²) in [5, 5.41) is 0.196. The molecule has 1 heterocycles. The van der Waals surface area contributed by atoms with Gasteiger partial charge in [-0.25, -0.2) is 0 Å². The zero-order chi connectivity index (χ0) is 18.6. The van der Waals surface area contributed by atoms with Crippen molar-refractivity contribution >= 4 is 42.8 Å². The van der Waals surface area contributed by atoms with Crippen LogP contribution in [0, 0.1) is 0 Å². The van der Waals surface area contributed by atoms with Gasteiger partial charge in [0.25, 0.3) is 32.1 Å². The average molecular weight is 385 g/mol. The van der Waals surface area contributed by atoms with Crippen molar-refractivity contribution in [3.63, 3.8) is 0 Å². The number of benzene rings is 2. The zero-order valence-corrected chi connectivity index (χ0v) is 14.0. The molecule has 25 heavy (non-hydrogen) atoms. The highest BCUT2D eigenvalue weighted by molar-refractivity contribution is 7.86. The van der Waals surface area contributed by atoms with E-state index in [4.69, 9.17) is 4.55 Å². The van der Waals surface area contributed by atoms with Crippen LogP contribution in [-0.2, 0) is 20.2 Å². The number of carbonyl (C=O) groups is 2. The van der Waals surface area contributed by atoms with Crippen molar-refractivity contribution < 1.29 is 35.5 Å². The number of fused-ring (bicyclic) bond motifs is 3. The molecule has 0 saturated heterocycles. The van der Waals surface area contributed by atoms with Gasteiger partial charge in [-0.3, -0.25) is 23.6 Å². The van der Waals surface area contributed by atoms with Crippen molar-refractivity contribution in [3.8, 4) is 0 Å². The first-order chi connectivity index (χ1) is 11.5. The molecule has 2 N–H and O–H groups in total. The number of imide groups is 1. The van der Waals surface area contributed by atoms with Crippen LogP contribution < -0.4 is 0 Å². The van der Waals surface area contributed by atoms with E-state index in [0.29, 0.717) is 4.90 Å². The lowest BCUT2D eigenvalue weighted by Crippen LogP contribution is -2.34. The molecule has 0 saturated carbocycles. The molecule has 1 aliphatic heterocycles. The SMILES string of the molecule is O=C1c2cc(S(=O)(=O)O)c3ccccc3c2C(=O)N1CCS(=O)(=O)O. The van der Waals surface area contributed by atoms with Gasteiger partial charge in [-0.15, -0.1) is 0 Å². The van der Waals surface area contributed by atoms with Crippen molar-refractivity contribution in [2.24, 2.45) is 0 Å². The van der Waals surface area contributed by atoms with E-state index in [1.807, 2.05) is 0 Å². The molecule has 0 aliphatic carbocycles. The highest BCUT2D eigenvalue weighted by Crippen LogP contribution is 2.34. The van der Waals surface area contributed by atoms with Crippen LogP contribution in [0.5, 0.6) is 0 Å². The maximum absolute atomic E-state index is 12.5. The molecule has 9 nitrogen and oxygen atoms in total. The first-order valence-corrected chi connectivity index (χ1v) is 9.90. The van der Waals surface area contributed by atoms with Crippen LogP contribution in [0.4, 0.5) is 0 Å². The fraction of sp³-hybridized carbons (Fsp3) is 0.143. The van der Waals surface area contributed by atoms with Crippen LogP contribution in [0.1, 0.15) is 20.7 Å². The normalized spacial score (nSPS) is 15.0. The Labute approximate surface area is 142 Å². The Morgan fingerprint density at radius 1 is 0.920 bits per heavy atom. The molecule has 2 aromatic carbocycles. The van der Waals surface area contributed by atoms with Gasteiger partial charge in [0.1, 0.15) is 4.90 Å². The molecule has 0 spiro atoms. The summed E-state index contributed by atoms with van der Waals surface area (Å²) in [6.45, 7) is -0.583. The summed E-state index contributed by atoms with van der Waals surface area (Å²) in [5.74, 6) is -2.55. The minimum absolute atomic E-state index is 0.0570. The molecular formula is C14H11NO8S2. The topological polar surface area (TPSA) is 146 Å². The number of hydrogen-bond donors (Lipinski definition) is 2. The van der Waals surface area contributed by atoms with E-state index >= 15 is 0 Å². The molecule has 132 valence electrons. The van der Waals surface area contributed by atoms with E-state index in [0.717, 1.165) is 6.07 Å². The average Bonchev–Trinajstić information content (AvgIpc) is 2.74. The van der Waals surface area contributed by atoms with Crippen LogP contribution in [-0.4, -0.2) is 55.0 Å². The molecule has 0 fully saturated rings. The van der Waals surface area contributed by atoms with Crippen LogP contribution in [0.25, 0.3) is 10.8 Å². The summed E-state index contributed by atoms with van der Waals surface area (Å²) >= 11 is 0. The third-order valence-corrected chi connectivity index (χ3v) is 5.38. The minimum atomic E-state index is -4.66. The quantitative estimate of drug-likeness (QED) is 0.574. The lowest BCUT2D eigenvalue weighted by atomic mass is 10.0. The van der Waals surface area contributed by atoms with E-state index in [2.05, 4.69) is 0 Å². The lowest BCUT2D eigenvalue weighted by molar-refractivity contribution is 0.0664. The van der Waals surface area contributed by atoms with Crippen molar-refractivity contribution in [1.82, 2.24) is 4.90 Å². The molecule has 1 aliphatic rings. The summed E-state index contributed by atoms with van der Waals surface area (Å²) in [6, 6.07) is 6.70. The molecule has 0 bridgehead atoms. The summed E-state index contributed by atoms with van der Waals surface area (Å²) < 4.78 is 63.1. The van der Waals surface area contributed by atoms with E-state index in [1.54, 1.807) is 0 Å². The van der Waals surface area contributed by atoms with Crippen molar-refractivity contribution in [1.29, 1.82) is 0 Å². The number of carbonyl (C=O) groups excluding carboxylic acids is 2. The number of nitrogens with zero attached hydrogens (tertiary/aromatic N) is 1. The summed E-state index contributed by atoms with van der Waals surface area (Å²) in [4.78, 5) is 25.0. The summed E-state index contributed by atoms with van der Waals surface area (Å²) in [5.41, 5.74) is -0.338. The largest absolute Gasteiger partial charge is 0.295 e. The van der Waals surface area contributed by atoms with Crippen molar-refractivity contribution in [2.75, 3.05) is 12.3 Å². The second-order valence-corrected chi connectivity index (χ2v) is 8.33. The molecular weight excluding hydrogens is 374 g/mol. The minimum Gasteiger partial charge on any atom is -0.285 e. The Morgan fingerprint density at radius 3 is 2.08 bits per heavy atom. The van der Waals surface area contributed by atoms with Gasteiger partial charge >= 0.3 is 0 Å². The summed E-state index contributed by atoms with van der Waals surface area (Å²) in [6.07, 6.45) is 0. The summed E-state index contributed by atoms with van der Waals surface area (Å²) in [7, 11) is -9.06. The van der Waals surface area contributed by atoms with Crippen LogP contribution >= 0.6 is 0 Å². The van der Waals surface area contributed by atoms with Crippen molar-refractivity contribution in [3.05, 3.63) is 41.5 Å². The van der Waals surface area contributed by atoms with Crippen LogP contribution in [0.2, 0.25) is 0 Å². The molecule has 0 atom stereocenters. The van der Waals surface area contributed by atoms with E-state index in [9.17, 15) is 31.0 Å². The van der Waals surface area contributed by atoms with Gasteiger partial charge in [0.2, 0.25) is 0 Å².